The van der Waals surface area contributed by atoms with E-state index in [-0.39, 0.29) is 11.9 Å². The van der Waals surface area contributed by atoms with Crippen LogP contribution in [0.3, 0.4) is 0 Å². The Morgan fingerprint density at radius 1 is 1.14 bits per heavy atom. The minimum absolute atomic E-state index is 0.0733. The minimum atomic E-state index is -0.0733. The van der Waals surface area contributed by atoms with E-state index in [4.69, 9.17) is 16.3 Å². The Kier molecular flexibility index (Phi) is 5.85. The number of hydrogen-bond acceptors (Lipinski definition) is 4. The molecule has 28 heavy (non-hydrogen) atoms. The van der Waals surface area contributed by atoms with Gasteiger partial charge in [-0.15, -0.1) is 0 Å². The molecule has 0 aliphatic carbocycles. The molecule has 0 bridgehead atoms. The smallest absolute Gasteiger partial charge is 0.251 e. The number of carbonyl (C=O) groups is 1. The first-order chi connectivity index (χ1) is 13.6. The maximum Gasteiger partial charge on any atom is 0.251 e. The molecule has 0 aromatic heterocycles. The molecule has 4 rings (SSSR count). The fourth-order valence-corrected chi connectivity index (χ4v) is 4.16. The van der Waals surface area contributed by atoms with Crippen LogP contribution in [-0.2, 0) is 11.2 Å². The van der Waals surface area contributed by atoms with Crippen molar-refractivity contribution in [3.63, 3.8) is 0 Å². The van der Waals surface area contributed by atoms with Crippen molar-refractivity contribution in [2.24, 2.45) is 0 Å². The van der Waals surface area contributed by atoms with Crippen LogP contribution in [0.2, 0.25) is 5.02 Å². The summed E-state index contributed by atoms with van der Waals surface area (Å²) in [5.41, 5.74) is 4.59. The highest BCUT2D eigenvalue weighted by atomic mass is 35.5. The third kappa shape index (κ3) is 4.17. The van der Waals surface area contributed by atoms with Crippen LogP contribution < -0.4 is 10.2 Å². The Morgan fingerprint density at radius 3 is 2.64 bits per heavy atom. The molecule has 2 heterocycles. The number of anilines is 1. The summed E-state index contributed by atoms with van der Waals surface area (Å²) in [6.45, 7) is 4.84. The van der Waals surface area contributed by atoms with Crippen LogP contribution in [0.15, 0.2) is 42.5 Å². The third-order valence-corrected chi connectivity index (χ3v) is 5.92. The number of ether oxygens (including phenoxy) is 1. The van der Waals surface area contributed by atoms with Crippen molar-refractivity contribution in [1.29, 1.82) is 0 Å². The number of fused-ring (bicyclic) bond motifs is 1. The number of morpholine rings is 1. The summed E-state index contributed by atoms with van der Waals surface area (Å²) in [4.78, 5) is 17.3. The van der Waals surface area contributed by atoms with E-state index in [1.807, 2.05) is 0 Å². The number of rotatable bonds is 5. The van der Waals surface area contributed by atoms with E-state index >= 15 is 0 Å². The number of amides is 1. The molecule has 1 fully saturated rings. The van der Waals surface area contributed by atoms with E-state index in [0.29, 0.717) is 17.1 Å². The van der Waals surface area contributed by atoms with Gasteiger partial charge in [0.1, 0.15) is 0 Å². The average molecular weight is 400 g/mol. The number of hydrogen-bond donors (Lipinski definition) is 1. The van der Waals surface area contributed by atoms with Gasteiger partial charge in [-0.25, -0.2) is 0 Å². The van der Waals surface area contributed by atoms with Crippen LogP contribution in [-0.4, -0.2) is 57.2 Å². The van der Waals surface area contributed by atoms with E-state index in [1.165, 1.54) is 16.8 Å². The Bertz CT molecular complexity index is 834. The highest BCUT2D eigenvalue weighted by Gasteiger charge is 2.25. The molecule has 0 saturated carbocycles. The van der Waals surface area contributed by atoms with E-state index in [1.54, 1.807) is 24.3 Å². The molecular weight excluding hydrogens is 374 g/mol. The molecule has 148 valence electrons. The number of nitrogens with one attached hydrogen (secondary N) is 1. The zero-order valence-corrected chi connectivity index (χ0v) is 16.9. The van der Waals surface area contributed by atoms with E-state index in [2.05, 4.69) is 40.4 Å². The maximum atomic E-state index is 12.6. The molecule has 2 aliphatic rings. The quantitative estimate of drug-likeness (QED) is 0.839. The lowest BCUT2D eigenvalue weighted by molar-refractivity contribution is 0.0162. The Labute approximate surface area is 171 Å². The lowest BCUT2D eigenvalue weighted by Gasteiger charge is -2.35. The van der Waals surface area contributed by atoms with Gasteiger partial charge >= 0.3 is 0 Å². The molecule has 2 aromatic carbocycles. The predicted molar refractivity (Wildman–Crippen MR) is 112 cm³/mol. The van der Waals surface area contributed by atoms with Gasteiger partial charge in [0.15, 0.2) is 0 Å². The van der Waals surface area contributed by atoms with Gasteiger partial charge in [-0.2, -0.15) is 0 Å². The van der Waals surface area contributed by atoms with Gasteiger partial charge in [-0.1, -0.05) is 23.7 Å². The number of halogens is 1. The van der Waals surface area contributed by atoms with Crippen LogP contribution in [0.4, 0.5) is 5.69 Å². The van der Waals surface area contributed by atoms with Gasteiger partial charge < -0.3 is 15.0 Å². The standard InChI is InChI=1S/C22H26ClN3O2/c1-25-9-8-18-14-17(4-7-20(18)25)21(26-10-12-28-13-11-26)15-24-22(27)16-2-5-19(23)6-3-16/h2-7,14,21H,8-13,15H2,1H3,(H,24,27)/t21-/m0/s1. The first-order valence-corrected chi connectivity index (χ1v) is 10.2. The largest absolute Gasteiger partial charge is 0.379 e. The van der Waals surface area contributed by atoms with Gasteiger partial charge in [0.2, 0.25) is 0 Å². The second-order valence-electron chi connectivity index (χ2n) is 7.44. The summed E-state index contributed by atoms with van der Waals surface area (Å²) < 4.78 is 5.53. The molecule has 0 radical (unpaired) electrons. The molecule has 1 saturated heterocycles. The van der Waals surface area contributed by atoms with Crippen LogP contribution in [0.25, 0.3) is 0 Å². The van der Waals surface area contributed by atoms with E-state index in [9.17, 15) is 4.79 Å². The molecule has 2 aliphatic heterocycles. The fourth-order valence-electron chi connectivity index (χ4n) is 4.03. The topological polar surface area (TPSA) is 44.8 Å². The molecule has 5 nitrogen and oxygen atoms in total. The first kappa shape index (κ1) is 19.2. The normalized spacial score (nSPS) is 18.0. The molecule has 2 aromatic rings. The lowest BCUT2D eigenvalue weighted by Crippen LogP contribution is -2.43. The van der Waals surface area contributed by atoms with Gasteiger partial charge in [-0.3, -0.25) is 9.69 Å². The second-order valence-corrected chi connectivity index (χ2v) is 7.88. The van der Waals surface area contributed by atoms with Crippen molar-refractivity contribution in [2.75, 3.05) is 51.3 Å². The monoisotopic (exact) mass is 399 g/mol. The van der Waals surface area contributed by atoms with Crippen molar-refractivity contribution < 1.29 is 9.53 Å². The van der Waals surface area contributed by atoms with Gasteiger partial charge in [-0.05, 0) is 47.9 Å². The second kappa shape index (κ2) is 8.52. The number of benzene rings is 2. The van der Waals surface area contributed by atoms with Crippen molar-refractivity contribution in [2.45, 2.75) is 12.5 Å². The summed E-state index contributed by atoms with van der Waals surface area (Å²) >= 11 is 5.93. The molecule has 1 N–H and O–H groups in total. The molecule has 1 atom stereocenters. The van der Waals surface area contributed by atoms with Gasteiger partial charge in [0, 0.05) is 49.5 Å². The fraction of sp³-hybridized carbons (Fsp3) is 0.409. The number of likely N-dealkylation sites (N-methyl/N-ethyl adjacent to an activating group) is 1. The summed E-state index contributed by atoms with van der Waals surface area (Å²) in [6.07, 6.45) is 1.08. The predicted octanol–water partition coefficient (Wildman–Crippen LogP) is 3.14. The van der Waals surface area contributed by atoms with Gasteiger partial charge in [0.05, 0.1) is 19.3 Å². The molecular formula is C22H26ClN3O2. The van der Waals surface area contributed by atoms with E-state index < -0.39 is 0 Å². The van der Waals surface area contributed by atoms with Crippen LogP contribution in [0.5, 0.6) is 0 Å². The average Bonchev–Trinajstić information content (AvgIpc) is 3.10. The Balaban J connectivity index is 1.52. The van der Waals surface area contributed by atoms with Crippen LogP contribution >= 0.6 is 11.6 Å². The zero-order valence-electron chi connectivity index (χ0n) is 16.2. The van der Waals surface area contributed by atoms with E-state index in [0.717, 1.165) is 39.3 Å². The summed E-state index contributed by atoms with van der Waals surface area (Å²) in [5.74, 6) is -0.0733. The van der Waals surface area contributed by atoms with Crippen LogP contribution in [0.1, 0.15) is 27.5 Å². The minimum Gasteiger partial charge on any atom is -0.379 e. The van der Waals surface area contributed by atoms with Crippen molar-refractivity contribution in [1.82, 2.24) is 10.2 Å². The molecule has 1 amide bonds. The van der Waals surface area contributed by atoms with Gasteiger partial charge in [0.25, 0.3) is 5.91 Å². The Morgan fingerprint density at radius 2 is 1.89 bits per heavy atom. The summed E-state index contributed by atoms with van der Waals surface area (Å²) in [6, 6.07) is 13.9. The maximum absolute atomic E-state index is 12.6. The van der Waals surface area contributed by atoms with Crippen molar-refractivity contribution >= 4 is 23.2 Å². The van der Waals surface area contributed by atoms with Crippen molar-refractivity contribution in [3.05, 3.63) is 64.2 Å². The highest BCUT2D eigenvalue weighted by molar-refractivity contribution is 6.30. The number of nitrogens with zero attached hydrogens (tertiary/aromatic N) is 2. The summed E-state index contributed by atoms with van der Waals surface area (Å²) in [5, 5.41) is 3.75. The summed E-state index contributed by atoms with van der Waals surface area (Å²) in [7, 11) is 2.14. The number of carbonyl (C=O) groups excluding carboxylic acids is 1. The zero-order chi connectivity index (χ0) is 19.5. The molecule has 6 heteroatoms. The third-order valence-electron chi connectivity index (χ3n) is 5.66. The molecule has 0 unspecified atom stereocenters. The highest BCUT2D eigenvalue weighted by Crippen LogP contribution is 2.31. The Hall–Kier alpha value is -2.08. The first-order valence-electron chi connectivity index (χ1n) is 9.81. The van der Waals surface area contributed by atoms with Crippen molar-refractivity contribution in [3.8, 4) is 0 Å². The van der Waals surface area contributed by atoms with Crippen LogP contribution in [0, 0.1) is 0 Å². The molecule has 0 spiro atoms. The SMILES string of the molecule is CN1CCc2cc([C@H](CNC(=O)c3ccc(Cl)cc3)N3CCOCC3)ccc21. The lowest BCUT2D eigenvalue weighted by atomic mass is 10.00.